The first kappa shape index (κ1) is 20.5. The number of aryl methyl sites for hydroxylation is 1. The van der Waals surface area contributed by atoms with Gasteiger partial charge >= 0.3 is 0 Å². The number of halogens is 2. The number of rotatable bonds is 7. The minimum atomic E-state index is -0.526. The molecule has 0 spiro atoms. The highest BCUT2D eigenvalue weighted by Gasteiger charge is 2.21. The number of benzene rings is 1. The van der Waals surface area contributed by atoms with Crippen LogP contribution < -0.4 is 11.1 Å². The number of hydrogen-bond donors (Lipinski definition) is 4. The van der Waals surface area contributed by atoms with Crippen molar-refractivity contribution in [3.8, 4) is 11.3 Å². The molecule has 0 radical (unpaired) electrons. The van der Waals surface area contributed by atoms with Gasteiger partial charge in [-0.15, -0.1) is 11.3 Å². The molecule has 1 atom stereocenters. The number of aliphatic hydroxyl groups excluding tert-OH is 1. The first-order chi connectivity index (χ1) is 13.4. The molecule has 28 heavy (non-hydrogen) atoms. The fraction of sp³-hybridized carbons (Fsp3) is 0.263. The van der Waals surface area contributed by atoms with Crippen LogP contribution in [0.2, 0.25) is 5.02 Å². The number of aliphatic hydroxyl groups is 1. The second-order valence-corrected chi connectivity index (χ2v) is 7.76. The number of nitrogens with two attached hydrogens (primary N) is 1. The highest BCUT2D eigenvalue weighted by atomic mass is 35.5. The van der Waals surface area contributed by atoms with E-state index in [1.54, 1.807) is 18.2 Å². The van der Waals surface area contributed by atoms with Crippen molar-refractivity contribution in [1.29, 1.82) is 0 Å². The average molecular weight is 423 g/mol. The molecule has 0 aliphatic heterocycles. The molecule has 0 bridgehead atoms. The Morgan fingerprint density at radius 3 is 2.86 bits per heavy atom. The normalized spacial score (nSPS) is 12.2. The van der Waals surface area contributed by atoms with Crippen LogP contribution in [-0.2, 0) is 6.61 Å². The van der Waals surface area contributed by atoms with Crippen molar-refractivity contribution in [3.05, 3.63) is 62.4 Å². The Hall–Kier alpha value is -2.26. The largest absolute Gasteiger partial charge is 0.391 e. The van der Waals surface area contributed by atoms with Crippen molar-refractivity contribution in [3.63, 3.8) is 0 Å². The van der Waals surface area contributed by atoms with E-state index >= 15 is 0 Å². The van der Waals surface area contributed by atoms with Gasteiger partial charge in [-0.25, -0.2) is 9.37 Å². The molecular weight excluding hydrogens is 403 g/mol. The van der Waals surface area contributed by atoms with E-state index in [9.17, 15) is 14.3 Å². The molecule has 3 rings (SSSR count). The zero-order chi connectivity index (χ0) is 20.3. The molecule has 5 N–H and O–H groups in total. The van der Waals surface area contributed by atoms with Gasteiger partial charge in [-0.1, -0.05) is 17.7 Å². The Kier molecular flexibility index (Phi) is 6.46. The molecule has 0 saturated carbocycles. The Balaban J connectivity index is 1.78. The van der Waals surface area contributed by atoms with Crippen LogP contribution in [0.4, 0.5) is 4.39 Å². The number of thiazole rings is 1. The van der Waals surface area contributed by atoms with Gasteiger partial charge in [-0.2, -0.15) is 0 Å². The van der Waals surface area contributed by atoms with Gasteiger partial charge in [0.1, 0.15) is 16.5 Å². The maximum absolute atomic E-state index is 13.7. The molecule has 0 saturated heterocycles. The van der Waals surface area contributed by atoms with E-state index < -0.39 is 5.82 Å². The minimum Gasteiger partial charge on any atom is -0.391 e. The SMILES string of the molecule is Cc1nc(C(CCN)NC(=O)c2ccc(-c3ccc(Cl)c(F)c3)[nH]2)sc1CO. The molecular formula is C19H20ClFN4O2S. The molecule has 2 heterocycles. The molecule has 3 aromatic rings. The van der Waals surface area contributed by atoms with Gasteiger partial charge in [0.25, 0.3) is 5.91 Å². The number of H-pyrrole nitrogens is 1. The van der Waals surface area contributed by atoms with Crippen molar-refractivity contribution < 1.29 is 14.3 Å². The van der Waals surface area contributed by atoms with E-state index in [4.69, 9.17) is 17.3 Å². The summed E-state index contributed by atoms with van der Waals surface area (Å²) in [6, 6.07) is 7.41. The molecule has 1 amide bonds. The number of aromatic nitrogens is 2. The molecule has 2 aromatic heterocycles. The van der Waals surface area contributed by atoms with Crippen molar-refractivity contribution in [2.45, 2.75) is 26.0 Å². The van der Waals surface area contributed by atoms with Crippen LogP contribution in [-0.4, -0.2) is 27.5 Å². The summed E-state index contributed by atoms with van der Waals surface area (Å²) in [5.74, 6) is -0.848. The van der Waals surface area contributed by atoms with Gasteiger partial charge in [-0.3, -0.25) is 4.79 Å². The number of hydrogen-bond acceptors (Lipinski definition) is 5. The lowest BCUT2D eigenvalue weighted by Crippen LogP contribution is -2.30. The average Bonchev–Trinajstić information content (AvgIpc) is 3.30. The number of nitrogens with one attached hydrogen (secondary N) is 2. The third kappa shape index (κ3) is 4.41. The van der Waals surface area contributed by atoms with Crippen LogP contribution in [0, 0.1) is 12.7 Å². The van der Waals surface area contributed by atoms with E-state index in [2.05, 4.69) is 15.3 Å². The standard InChI is InChI=1S/C19H20ClFN4O2S/c1-10-17(9-26)28-19(23-10)16(6-7-22)25-18(27)15-5-4-14(24-15)11-2-3-12(20)13(21)8-11/h2-5,8,16,24,26H,6-7,9,22H2,1H3,(H,25,27). The fourth-order valence-corrected chi connectivity index (χ4v) is 3.90. The summed E-state index contributed by atoms with van der Waals surface area (Å²) < 4.78 is 13.7. The quantitative estimate of drug-likeness (QED) is 0.467. The number of aromatic amines is 1. The van der Waals surface area contributed by atoms with Crippen LogP contribution in [0.3, 0.4) is 0 Å². The van der Waals surface area contributed by atoms with Crippen molar-refractivity contribution in [2.75, 3.05) is 6.54 Å². The van der Waals surface area contributed by atoms with Crippen LogP contribution in [0.1, 0.15) is 38.5 Å². The molecule has 9 heteroatoms. The summed E-state index contributed by atoms with van der Waals surface area (Å²) in [5, 5.41) is 13.0. The van der Waals surface area contributed by atoms with E-state index in [-0.39, 0.29) is 23.6 Å². The van der Waals surface area contributed by atoms with E-state index in [1.165, 1.54) is 23.5 Å². The lowest BCUT2D eigenvalue weighted by atomic mass is 10.1. The lowest BCUT2D eigenvalue weighted by Gasteiger charge is -2.15. The van der Waals surface area contributed by atoms with E-state index in [0.29, 0.717) is 34.9 Å². The zero-order valence-electron chi connectivity index (χ0n) is 15.1. The summed E-state index contributed by atoms with van der Waals surface area (Å²) in [4.78, 5) is 20.9. The van der Waals surface area contributed by atoms with Crippen LogP contribution in [0.15, 0.2) is 30.3 Å². The number of carbonyl (C=O) groups excluding carboxylic acids is 1. The molecule has 0 aliphatic carbocycles. The lowest BCUT2D eigenvalue weighted by molar-refractivity contribution is 0.0930. The van der Waals surface area contributed by atoms with Gasteiger partial charge in [0.15, 0.2) is 0 Å². The Labute approximate surface area is 170 Å². The third-order valence-corrected chi connectivity index (χ3v) is 5.84. The van der Waals surface area contributed by atoms with E-state index in [1.807, 2.05) is 6.92 Å². The first-order valence-corrected chi connectivity index (χ1v) is 9.84. The number of carbonyl (C=O) groups is 1. The smallest absolute Gasteiger partial charge is 0.268 e. The van der Waals surface area contributed by atoms with Gasteiger partial charge < -0.3 is 21.1 Å². The van der Waals surface area contributed by atoms with Gasteiger partial charge in [-0.05, 0) is 44.2 Å². The highest BCUT2D eigenvalue weighted by molar-refractivity contribution is 7.11. The zero-order valence-corrected chi connectivity index (χ0v) is 16.7. The summed E-state index contributed by atoms with van der Waals surface area (Å²) >= 11 is 7.07. The summed E-state index contributed by atoms with van der Waals surface area (Å²) in [6.07, 6.45) is 0.513. The predicted octanol–water partition coefficient (Wildman–Crippen LogP) is 3.55. The second kappa shape index (κ2) is 8.83. The summed E-state index contributed by atoms with van der Waals surface area (Å²) in [7, 11) is 0. The van der Waals surface area contributed by atoms with Crippen molar-refractivity contribution in [2.24, 2.45) is 5.73 Å². The van der Waals surface area contributed by atoms with Crippen molar-refractivity contribution >= 4 is 28.8 Å². The van der Waals surface area contributed by atoms with Crippen LogP contribution >= 0.6 is 22.9 Å². The molecule has 6 nitrogen and oxygen atoms in total. The molecule has 1 aromatic carbocycles. The second-order valence-electron chi connectivity index (χ2n) is 6.24. The topological polar surface area (TPSA) is 104 Å². The van der Waals surface area contributed by atoms with Crippen LogP contribution in [0.25, 0.3) is 11.3 Å². The van der Waals surface area contributed by atoms with E-state index in [0.717, 1.165) is 10.6 Å². The maximum atomic E-state index is 13.7. The van der Waals surface area contributed by atoms with Gasteiger partial charge in [0.05, 0.1) is 28.2 Å². The summed E-state index contributed by atoms with van der Waals surface area (Å²) in [6.45, 7) is 2.10. The summed E-state index contributed by atoms with van der Waals surface area (Å²) in [5.41, 5.74) is 7.95. The molecule has 0 fully saturated rings. The number of amides is 1. The van der Waals surface area contributed by atoms with Crippen LogP contribution in [0.5, 0.6) is 0 Å². The number of nitrogens with zero attached hydrogens (tertiary/aromatic N) is 1. The van der Waals surface area contributed by atoms with Crippen molar-refractivity contribution in [1.82, 2.24) is 15.3 Å². The first-order valence-electron chi connectivity index (χ1n) is 8.65. The Morgan fingerprint density at radius 1 is 1.43 bits per heavy atom. The predicted molar refractivity (Wildman–Crippen MR) is 108 cm³/mol. The Bertz CT molecular complexity index is 988. The molecule has 148 valence electrons. The third-order valence-electron chi connectivity index (χ3n) is 4.27. The maximum Gasteiger partial charge on any atom is 0.268 e. The van der Waals surface area contributed by atoms with Gasteiger partial charge in [0, 0.05) is 11.3 Å². The van der Waals surface area contributed by atoms with Gasteiger partial charge in [0.2, 0.25) is 0 Å². The molecule has 1 unspecified atom stereocenters. The Morgan fingerprint density at radius 2 is 2.21 bits per heavy atom. The minimum absolute atomic E-state index is 0.0406. The molecule has 0 aliphatic rings. The fourth-order valence-electron chi connectivity index (χ4n) is 2.77. The monoisotopic (exact) mass is 422 g/mol. The highest BCUT2D eigenvalue weighted by Crippen LogP contribution is 2.27.